The number of esters is 1. The monoisotopic (exact) mass is 467 g/mol. The van der Waals surface area contributed by atoms with Crippen molar-refractivity contribution in [2.24, 2.45) is 11.1 Å². The number of amides is 1. The van der Waals surface area contributed by atoms with Gasteiger partial charge in [0.2, 0.25) is 5.91 Å². The first-order valence-corrected chi connectivity index (χ1v) is 11.9. The smallest absolute Gasteiger partial charge is 0.337 e. The number of methoxy groups -OCH3 is 1. The predicted molar refractivity (Wildman–Crippen MR) is 135 cm³/mol. The van der Waals surface area contributed by atoms with Crippen molar-refractivity contribution >= 4 is 35.6 Å². The van der Waals surface area contributed by atoms with E-state index in [4.69, 9.17) is 4.74 Å². The van der Waals surface area contributed by atoms with Crippen molar-refractivity contribution < 1.29 is 14.3 Å². The Bertz CT molecular complexity index is 1070. The molecule has 0 radical (unpaired) electrons. The van der Waals surface area contributed by atoms with Gasteiger partial charge >= 0.3 is 5.97 Å². The first kappa shape index (κ1) is 24.9. The fourth-order valence-electron chi connectivity index (χ4n) is 4.56. The van der Waals surface area contributed by atoms with Crippen molar-refractivity contribution in [3.8, 4) is 0 Å². The first-order valence-electron chi connectivity index (χ1n) is 11.3. The van der Waals surface area contributed by atoms with Crippen LogP contribution in [0.2, 0.25) is 0 Å². The van der Waals surface area contributed by atoms with E-state index in [1.165, 1.54) is 7.11 Å². The number of thiol groups is 1. The van der Waals surface area contributed by atoms with Crippen molar-refractivity contribution in [3.63, 3.8) is 0 Å². The van der Waals surface area contributed by atoms with Gasteiger partial charge in [0.1, 0.15) is 0 Å². The number of fused-ring (bicyclic) bond motifs is 1. The Morgan fingerprint density at radius 3 is 2.61 bits per heavy atom. The number of hydrogen-bond donors (Lipinski definition) is 3. The molecule has 2 aromatic carbocycles. The lowest BCUT2D eigenvalue weighted by atomic mass is 9.87. The number of rotatable bonds is 6. The number of carbonyl (C=O) groups is 2. The molecule has 1 fully saturated rings. The molecule has 1 aromatic heterocycles. The summed E-state index contributed by atoms with van der Waals surface area (Å²) in [6, 6.07) is 15.7. The van der Waals surface area contributed by atoms with E-state index in [9.17, 15) is 9.59 Å². The number of carbonyl (C=O) groups excluding carboxylic acids is 2. The van der Waals surface area contributed by atoms with E-state index in [1.807, 2.05) is 41.4 Å². The van der Waals surface area contributed by atoms with Crippen LogP contribution < -0.4 is 5.14 Å². The second-order valence-electron chi connectivity index (χ2n) is 8.58. The van der Waals surface area contributed by atoms with Crippen molar-refractivity contribution in [1.82, 2.24) is 9.88 Å². The van der Waals surface area contributed by atoms with E-state index in [-0.39, 0.29) is 17.8 Å². The number of H-pyrrole nitrogens is 1. The fourth-order valence-corrected chi connectivity index (χ4v) is 4.56. The van der Waals surface area contributed by atoms with Crippen LogP contribution in [0.5, 0.6) is 0 Å². The maximum Gasteiger partial charge on any atom is 0.337 e. The van der Waals surface area contributed by atoms with Crippen molar-refractivity contribution in [1.29, 1.82) is 0 Å². The summed E-state index contributed by atoms with van der Waals surface area (Å²) in [7, 11) is 1.39. The summed E-state index contributed by atoms with van der Waals surface area (Å²) in [5.74, 6) is 0.338. The van der Waals surface area contributed by atoms with Crippen LogP contribution in [0.3, 0.4) is 0 Å². The number of nitrogens with zero attached hydrogens (tertiary/aromatic N) is 1. The van der Waals surface area contributed by atoms with Gasteiger partial charge in [-0.1, -0.05) is 31.2 Å². The Kier molecular flexibility index (Phi) is 8.97. The van der Waals surface area contributed by atoms with E-state index >= 15 is 0 Å². The van der Waals surface area contributed by atoms with E-state index < -0.39 is 0 Å². The first-order chi connectivity index (χ1) is 16.1. The molecule has 1 aliphatic heterocycles. The number of piperidine rings is 1. The zero-order valence-electron chi connectivity index (χ0n) is 19.3. The highest BCUT2D eigenvalue weighted by Gasteiger charge is 2.29. The number of hydrogen-bond acceptors (Lipinski definition) is 5. The van der Waals surface area contributed by atoms with Crippen molar-refractivity contribution in [2.75, 3.05) is 20.2 Å². The molecule has 1 atom stereocenters. The Balaban J connectivity index is 0.00000149. The normalized spacial score (nSPS) is 15.0. The summed E-state index contributed by atoms with van der Waals surface area (Å²) in [6.07, 6.45) is 5.46. The summed E-state index contributed by atoms with van der Waals surface area (Å²) in [4.78, 5) is 30.9. The second-order valence-corrected chi connectivity index (χ2v) is 8.58. The van der Waals surface area contributed by atoms with Crippen LogP contribution in [-0.2, 0) is 16.0 Å². The molecule has 2 heterocycles. The molecule has 176 valence electrons. The molecule has 6 nitrogen and oxygen atoms in total. The maximum atomic E-state index is 13.7. The predicted octanol–water partition coefficient (Wildman–Crippen LogP) is 4.72. The van der Waals surface area contributed by atoms with Crippen molar-refractivity contribution in [3.05, 3.63) is 71.4 Å². The molecule has 0 spiro atoms. The van der Waals surface area contributed by atoms with Gasteiger partial charge in [-0.25, -0.2) is 4.79 Å². The highest BCUT2D eigenvalue weighted by molar-refractivity contribution is 7.77. The molecular formula is C26H33N3O3S. The van der Waals surface area contributed by atoms with Crippen LogP contribution >= 0.6 is 12.8 Å². The zero-order chi connectivity index (χ0) is 23.8. The molecule has 3 N–H and O–H groups in total. The molecule has 1 amide bonds. The van der Waals surface area contributed by atoms with Gasteiger partial charge in [-0.3, -0.25) is 9.93 Å². The van der Waals surface area contributed by atoms with Crippen molar-refractivity contribution in [2.45, 2.75) is 38.5 Å². The number of aromatic nitrogens is 1. The maximum absolute atomic E-state index is 13.7. The lowest BCUT2D eigenvalue weighted by Crippen LogP contribution is -2.40. The van der Waals surface area contributed by atoms with Crippen LogP contribution in [0.4, 0.5) is 0 Å². The van der Waals surface area contributed by atoms with Gasteiger partial charge in [-0.15, -0.1) is 12.8 Å². The quantitative estimate of drug-likeness (QED) is 0.362. The molecule has 4 rings (SSSR count). The third-order valence-electron chi connectivity index (χ3n) is 6.47. The summed E-state index contributed by atoms with van der Waals surface area (Å²) >= 11 is 3.03. The van der Waals surface area contributed by atoms with E-state index in [0.717, 1.165) is 48.0 Å². The number of nitrogens with two attached hydrogens (primary N) is 1. The van der Waals surface area contributed by atoms with Gasteiger partial charge in [0.05, 0.1) is 18.6 Å². The summed E-state index contributed by atoms with van der Waals surface area (Å²) in [5, 5.41) is 5.30. The van der Waals surface area contributed by atoms with Gasteiger partial charge < -0.3 is 14.6 Å². The minimum atomic E-state index is -0.339. The van der Waals surface area contributed by atoms with E-state index in [0.29, 0.717) is 24.3 Å². The number of likely N-dealkylation sites (tertiary alicyclic amines) is 1. The minimum Gasteiger partial charge on any atom is -0.465 e. The van der Waals surface area contributed by atoms with E-state index in [1.54, 1.807) is 6.07 Å². The van der Waals surface area contributed by atoms with Gasteiger partial charge in [-0.2, -0.15) is 0 Å². The van der Waals surface area contributed by atoms with Crippen LogP contribution in [0.25, 0.3) is 10.9 Å². The third-order valence-corrected chi connectivity index (χ3v) is 6.47. The zero-order valence-corrected chi connectivity index (χ0v) is 20.2. The molecule has 1 unspecified atom stereocenters. The van der Waals surface area contributed by atoms with E-state index in [2.05, 4.69) is 42.0 Å². The molecule has 0 saturated carbocycles. The summed E-state index contributed by atoms with van der Waals surface area (Å²) < 4.78 is 4.85. The van der Waals surface area contributed by atoms with Gasteiger partial charge in [-0.05, 0) is 67.0 Å². The lowest BCUT2D eigenvalue weighted by molar-refractivity contribution is -0.134. The number of aryl methyl sites for hydroxylation is 1. The van der Waals surface area contributed by atoms with Crippen LogP contribution in [0.1, 0.15) is 53.6 Å². The summed E-state index contributed by atoms with van der Waals surface area (Å²) in [5.41, 5.74) is 3.71. The highest BCUT2D eigenvalue weighted by atomic mass is 32.1. The molecule has 0 aliphatic carbocycles. The second kappa shape index (κ2) is 11.9. The Hall–Kier alpha value is -2.77. The van der Waals surface area contributed by atoms with Crippen LogP contribution in [0.15, 0.2) is 54.7 Å². The standard InChI is InChI=1S/C26H30N2O3.H3NS/c1-18-12-15-28(16-13-18)25(29)23(21-7-4-8-24-22(21)11-14-27-24)10-9-19-5-3-6-20(17-19)26(30)31-2;1-2/h3-8,11,14,17-18,23,27H,9-10,12-13,15-16H2,1-2H3;2H,1H2. The lowest BCUT2D eigenvalue weighted by Gasteiger charge is -2.33. The molecule has 33 heavy (non-hydrogen) atoms. The average molecular weight is 468 g/mol. The third kappa shape index (κ3) is 5.97. The minimum absolute atomic E-state index is 0.213. The highest BCUT2D eigenvalue weighted by Crippen LogP contribution is 2.32. The molecule has 3 aromatic rings. The number of nitrogens with one attached hydrogen (secondary N) is 1. The SMILES string of the molecule is COC(=O)c1cccc(CCC(C(=O)N2CCC(C)CC2)c2cccc3[nH]ccc23)c1.NS. The molecule has 1 saturated heterocycles. The van der Waals surface area contributed by atoms with Crippen LogP contribution in [-0.4, -0.2) is 42.0 Å². The van der Waals surface area contributed by atoms with Gasteiger partial charge in [0.15, 0.2) is 0 Å². The molecular weight excluding hydrogens is 434 g/mol. The number of benzene rings is 2. The average Bonchev–Trinajstić information content (AvgIpc) is 3.35. The van der Waals surface area contributed by atoms with Crippen LogP contribution in [0, 0.1) is 5.92 Å². The molecule has 7 heteroatoms. The van der Waals surface area contributed by atoms with Gasteiger partial charge in [0.25, 0.3) is 0 Å². The molecule has 1 aliphatic rings. The Morgan fingerprint density at radius 1 is 1.15 bits per heavy atom. The molecule has 0 bridgehead atoms. The Morgan fingerprint density at radius 2 is 1.88 bits per heavy atom. The topological polar surface area (TPSA) is 88.4 Å². The fraction of sp³-hybridized carbons (Fsp3) is 0.385. The Labute approximate surface area is 201 Å². The summed E-state index contributed by atoms with van der Waals surface area (Å²) in [6.45, 7) is 3.92. The largest absolute Gasteiger partial charge is 0.465 e. The van der Waals surface area contributed by atoms with Gasteiger partial charge in [0, 0.05) is 30.2 Å². The number of aromatic amines is 1. The number of ether oxygens (including phenoxy) is 1.